The fourth-order valence-electron chi connectivity index (χ4n) is 2.37. The largest absolute Gasteiger partial charge is 0.494 e. The number of benzene rings is 1. The monoisotopic (exact) mass is 283 g/mol. The zero-order chi connectivity index (χ0) is 13.7. The van der Waals surface area contributed by atoms with Crippen molar-refractivity contribution in [2.24, 2.45) is 5.92 Å². The number of hydrogen-bond donors (Lipinski definition) is 1. The van der Waals surface area contributed by atoms with Gasteiger partial charge in [-0.25, -0.2) is 8.42 Å². The summed E-state index contributed by atoms with van der Waals surface area (Å²) in [5, 5.41) is 3.33. The maximum Gasteiger partial charge on any atom is 0.150 e. The van der Waals surface area contributed by atoms with E-state index in [0.29, 0.717) is 18.1 Å². The van der Waals surface area contributed by atoms with Crippen molar-refractivity contribution in [3.05, 3.63) is 29.8 Å². The van der Waals surface area contributed by atoms with Crippen molar-refractivity contribution in [3.8, 4) is 5.75 Å². The van der Waals surface area contributed by atoms with Gasteiger partial charge >= 0.3 is 0 Å². The summed E-state index contributed by atoms with van der Waals surface area (Å²) in [6.07, 6.45) is 0.786. The highest BCUT2D eigenvalue weighted by Crippen LogP contribution is 2.18. The average Bonchev–Trinajstić information content (AvgIpc) is 2.70. The summed E-state index contributed by atoms with van der Waals surface area (Å²) >= 11 is 0. The number of hydrogen-bond acceptors (Lipinski definition) is 4. The van der Waals surface area contributed by atoms with Crippen molar-refractivity contribution in [1.82, 2.24) is 5.32 Å². The Balaban J connectivity index is 1.78. The van der Waals surface area contributed by atoms with Gasteiger partial charge in [0.1, 0.15) is 5.75 Å². The summed E-state index contributed by atoms with van der Waals surface area (Å²) in [5.41, 5.74) is 1.16. The number of sulfone groups is 1. The third-order valence-corrected chi connectivity index (χ3v) is 5.14. The van der Waals surface area contributed by atoms with Gasteiger partial charge in [0.2, 0.25) is 0 Å². The lowest BCUT2D eigenvalue weighted by molar-refractivity contribution is 0.340. The van der Waals surface area contributed by atoms with Crippen molar-refractivity contribution in [2.75, 3.05) is 24.7 Å². The van der Waals surface area contributed by atoms with Crippen molar-refractivity contribution >= 4 is 9.84 Å². The van der Waals surface area contributed by atoms with Crippen LogP contribution in [0.25, 0.3) is 0 Å². The van der Waals surface area contributed by atoms with Gasteiger partial charge in [-0.2, -0.15) is 0 Å². The Morgan fingerprint density at radius 2 is 2.26 bits per heavy atom. The molecule has 1 aliphatic heterocycles. The fraction of sp³-hybridized carbons (Fsp3) is 0.571. The summed E-state index contributed by atoms with van der Waals surface area (Å²) in [6.45, 7) is 4.14. The molecule has 0 bridgehead atoms. The third-order valence-electron chi connectivity index (χ3n) is 3.30. The van der Waals surface area contributed by atoms with Gasteiger partial charge in [0.05, 0.1) is 18.1 Å². The maximum absolute atomic E-state index is 11.3. The van der Waals surface area contributed by atoms with Crippen LogP contribution in [0.1, 0.15) is 18.9 Å². The Hall–Kier alpha value is -1.07. The highest BCUT2D eigenvalue weighted by atomic mass is 32.2. The SMILES string of the molecule is CCOc1cccc(CNCC2CCS(=O)(=O)C2)c1. The van der Waals surface area contributed by atoms with E-state index in [1.807, 2.05) is 31.2 Å². The minimum Gasteiger partial charge on any atom is -0.494 e. The van der Waals surface area contributed by atoms with Gasteiger partial charge < -0.3 is 10.1 Å². The molecule has 4 nitrogen and oxygen atoms in total. The zero-order valence-corrected chi connectivity index (χ0v) is 12.1. The summed E-state index contributed by atoms with van der Waals surface area (Å²) < 4.78 is 28.1. The topological polar surface area (TPSA) is 55.4 Å². The molecule has 5 heteroatoms. The van der Waals surface area contributed by atoms with Gasteiger partial charge in [-0.05, 0) is 43.5 Å². The van der Waals surface area contributed by atoms with E-state index in [0.717, 1.165) is 30.8 Å². The van der Waals surface area contributed by atoms with Crippen molar-refractivity contribution in [2.45, 2.75) is 19.9 Å². The van der Waals surface area contributed by atoms with E-state index in [9.17, 15) is 8.42 Å². The lowest BCUT2D eigenvalue weighted by Crippen LogP contribution is -2.23. The molecule has 1 atom stereocenters. The molecule has 1 aromatic rings. The molecule has 1 saturated heterocycles. The van der Waals surface area contributed by atoms with Crippen LogP contribution in [0, 0.1) is 5.92 Å². The predicted octanol–water partition coefficient (Wildman–Crippen LogP) is 1.61. The average molecular weight is 283 g/mol. The Bertz CT molecular complexity index is 513. The predicted molar refractivity (Wildman–Crippen MR) is 76.1 cm³/mol. The summed E-state index contributed by atoms with van der Waals surface area (Å²) in [6, 6.07) is 7.97. The Morgan fingerprint density at radius 1 is 1.42 bits per heavy atom. The summed E-state index contributed by atoms with van der Waals surface area (Å²) in [7, 11) is -2.76. The van der Waals surface area contributed by atoms with Crippen LogP contribution in [0.2, 0.25) is 0 Å². The van der Waals surface area contributed by atoms with Crippen LogP contribution in [0.5, 0.6) is 5.75 Å². The molecule has 2 rings (SSSR count). The smallest absolute Gasteiger partial charge is 0.150 e. The second kappa shape index (κ2) is 6.39. The van der Waals surface area contributed by atoms with E-state index in [-0.39, 0.29) is 5.92 Å². The molecule has 0 aliphatic carbocycles. The highest BCUT2D eigenvalue weighted by molar-refractivity contribution is 7.91. The van der Waals surface area contributed by atoms with Crippen LogP contribution in [0.3, 0.4) is 0 Å². The molecule has 1 aliphatic rings. The summed E-state index contributed by atoms with van der Waals surface area (Å²) in [4.78, 5) is 0. The third kappa shape index (κ3) is 4.51. The van der Waals surface area contributed by atoms with E-state index >= 15 is 0 Å². The van der Waals surface area contributed by atoms with Crippen LogP contribution >= 0.6 is 0 Å². The second-order valence-electron chi connectivity index (χ2n) is 4.98. The lowest BCUT2D eigenvalue weighted by Gasteiger charge is -2.10. The molecule has 0 spiro atoms. The van der Waals surface area contributed by atoms with E-state index in [2.05, 4.69) is 5.32 Å². The van der Waals surface area contributed by atoms with E-state index in [1.165, 1.54) is 0 Å². The molecule has 1 unspecified atom stereocenters. The lowest BCUT2D eigenvalue weighted by atomic mass is 10.1. The molecule has 1 N–H and O–H groups in total. The Kier molecular flexibility index (Phi) is 4.82. The van der Waals surface area contributed by atoms with Crippen LogP contribution < -0.4 is 10.1 Å². The van der Waals surface area contributed by atoms with Crippen LogP contribution in [0.15, 0.2) is 24.3 Å². The van der Waals surface area contributed by atoms with Crippen molar-refractivity contribution < 1.29 is 13.2 Å². The van der Waals surface area contributed by atoms with Gasteiger partial charge in [0.15, 0.2) is 9.84 Å². The first-order valence-electron chi connectivity index (χ1n) is 6.72. The zero-order valence-electron chi connectivity index (χ0n) is 11.3. The number of ether oxygens (including phenoxy) is 1. The standard InChI is InChI=1S/C14H21NO3S/c1-2-18-14-5-3-4-12(8-14)9-15-10-13-6-7-19(16,17)11-13/h3-5,8,13,15H,2,6-7,9-11H2,1H3. The molecule has 0 amide bonds. The molecule has 0 saturated carbocycles. The van der Waals surface area contributed by atoms with Gasteiger partial charge in [-0.1, -0.05) is 12.1 Å². The fourth-order valence-corrected chi connectivity index (χ4v) is 4.23. The molecule has 0 aromatic heterocycles. The minimum absolute atomic E-state index is 0.264. The first-order chi connectivity index (χ1) is 9.09. The second-order valence-corrected chi connectivity index (χ2v) is 7.21. The summed E-state index contributed by atoms with van der Waals surface area (Å²) in [5.74, 6) is 1.82. The molecule has 1 fully saturated rings. The molecule has 106 valence electrons. The van der Waals surface area contributed by atoms with Crippen molar-refractivity contribution in [1.29, 1.82) is 0 Å². The van der Waals surface area contributed by atoms with Gasteiger partial charge in [-0.3, -0.25) is 0 Å². The first-order valence-corrected chi connectivity index (χ1v) is 8.54. The van der Waals surface area contributed by atoms with E-state index in [4.69, 9.17) is 4.74 Å². The molecular formula is C14H21NO3S. The molecule has 1 aromatic carbocycles. The van der Waals surface area contributed by atoms with Gasteiger partial charge in [0.25, 0.3) is 0 Å². The first kappa shape index (κ1) is 14.3. The molecular weight excluding hydrogens is 262 g/mol. The molecule has 1 heterocycles. The molecule has 19 heavy (non-hydrogen) atoms. The van der Waals surface area contributed by atoms with Gasteiger partial charge in [-0.15, -0.1) is 0 Å². The van der Waals surface area contributed by atoms with Crippen molar-refractivity contribution in [3.63, 3.8) is 0 Å². The van der Waals surface area contributed by atoms with Crippen LogP contribution in [-0.2, 0) is 16.4 Å². The Labute approximate surface area is 115 Å². The van der Waals surface area contributed by atoms with E-state index < -0.39 is 9.84 Å². The Morgan fingerprint density at radius 3 is 2.95 bits per heavy atom. The maximum atomic E-state index is 11.3. The number of nitrogens with one attached hydrogen (secondary N) is 1. The minimum atomic E-state index is -2.76. The van der Waals surface area contributed by atoms with Crippen LogP contribution in [-0.4, -0.2) is 33.1 Å². The van der Waals surface area contributed by atoms with Gasteiger partial charge in [0, 0.05) is 6.54 Å². The number of rotatable bonds is 6. The normalized spacial score (nSPS) is 21.4. The van der Waals surface area contributed by atoms with Crippen LogP contribution in [0.4, 0.5) is 0 Å². The quantitative estimate of drug-likeness (QED) is 0.862. The van der Waals surface area contributed by atoms with E-state index in [1.54, 1.807) is 0 Å². The molecule has 0 radical (unpaired) electrons. The highest BCUT2D eigenvalue weighted by Gasteiger charge is 2.27.